The quantitative estimate of drug-likeness (QED) is 0.238. The molecule has 0 atom stereocenters. The van der Waals surface area contributed by atoms with Crippen LogP contribution in [0.5, 0.6) is 0 Å². The lowest BCUT2D eigenvalue weighted by molar-refractivity contribution is 0.0696. The molecule has 0 unspecified atom stereocenters. The molecule has 4 heterocycles. The minimum atomic E-state index is -1.14. The van der Waals surface area contributed by atoms with Gasteiger partial charge in [-0.25, -0.2) is 4.79 Å². The van der Waals surface area contributed by atoms with E-state index < -0.39 is 29.8 Å². The molecule has 12 nitrogen and oxygen atoms in total. The van der Waals surface area contributed by atoms with Gasteiger partial charge in [0.05, 0.1) is 46.5 Å². The van der Waals surface area contributed by atoms with E-state index in [0.717, 1.165) is 20.2 Å². The number of thiophene rings is 1. The number of nitrogens with one attached hydrogen (secondary N) is 1. The van der Waals surface area contributed by atoms with E-state index in [2.05, 4.69) is 15.6 Å². The molecule has 1 aromatic carbocycles. The van der Waals surface area contributed by atoms with Crippen LogP contribution in [-0.2, 0) is 13.1 Å². The molecule has 0 fully saturated rings. The number of anilines is 1. The maximum atomic E-state index is 13.5. The number of pyridine rings is 1. The number of benzene rings is 1. The first-order valence-corrected chi connectivity index (χ1v) is 13.0. The Balaban J connectivity index is 1.59. The number of nitrogens with zero attached hydrogens (tertiary/aromatic N) is 5. The molecule has 0 bridgehead atoms. The number of hydrogen-bond donors (Lipinski definition) is 2. The van der Waals surface area contributed by atoms with E-state index in [1.54, 1.807) is 6.07 Å². The van der Waals surface area contributed by atoms with E-state index in [1.165, 1.54) is 60.0 Å². The van der Waals surface area contributed by atoms with Crippen LogP contribution in [0.2, 0.25) is 4.34 Å². The topological polar surface area (TPSA) is 173 Å². The summed E-state index contributed by atoms with van der Waals surface area (Å²) < 4.78 is 7.68. The van der Waals surface area contributed by atoms with E-state index in [-0.39, 0.29) is 46.2 Å². The Hall–Kier alpha value is -5.32. The third-order valence-corrected chi connectivity index (χ3v) is 7.12. The van der Waals surface area contributed by atoms with Crippen molar-refractivity contribution in [2.24, 2.45) is 0 Å². The first-order valence-electron chi connectivity index (χ1n) is 11.8. The van der Waals surface area contributed by atoms with Crippen LogP contribution >= 0.6 is 22.9 Å². The van der Waals surface area contributed by atoms with Crippen LogP contribution in [0.1, 0.15) is 41.7 Å². The number of aromatic carboxylic acids is 1. The van der Waals surface area contributed by atoms with Crippen molar-refractivity contribution < 1.29 is 24.0 Å². The van der Waals surface area contributed by atoms with E-state index in [0.29, 0.717) is 4.34 Å². The monoisotopic (exact) mass is 588 g/mol. The number of carbonyl (C=O) groups is 3. The van der Waals surface area contributed by atoms with Crippen molar-refractivity contribution in [2.75, 3.05) is 5.32 Å². The fourth-order valence-electron chi connectivity index (χ4n) is 3.91. The summed E-state index contributed by atoms with van der Waals surface area (Å²) in [7, 11) is 0. The first kappa shape index (κ1) is 27.3. The zero-order valence-electron chi connectivity index (χ0n) is 20.8. The summed E-state index contributed by atoms with van der Waals surface area (Å²) in [5.41, 5.74) is -0.232. The van der Waals surface area contributed by atoms with Gasteiger partial charge in [-0.1, -0.05) is 16.8 Å². The Bertz CT molecular complexity index is 1880. The molecular formula is C27H17ClN6O6S. The van der Waals surface area contributed by atoms with Crippen LogP contribution < -0.4 is 10.9 Å². The van der Waals surface area contributed by atoms with Crippen molar-refractivity contribution in [3.63, 3.8) is 0 Å². The molecule has 0 aliphatic carbocycles. The number of Topliss-reactive ketones (excluding diaryl/α,β-unsaturated/α-hetero) is 1. The molecular weight excluding hydrogens is 572 g/mol. The van der Waals surface area contributed by atoms with E-state index in [1.807, 2.05) is 12.1 Å². The van der Waals surface area contributed by atoms with Crippen molar-refractivity contribution in [1.82, 2.24) is 19.5 Å². The predicted molar refractivity (Wildman–Crippen MR) is 147 cm³/mol. The van der Waals surface area contributed by atoms with Gasteiger partial charge in [-0.2, -0.15) is 15.0 Å². The SMILES string of the molecule is N#Cc1cc(-c2cc(NCc3ccc(Cl)s3)n(C(=O)c3ccc(C(=O)O)cc3)n2)n(CC(=O)c2ccno2)c(=O)c1. The highest BCUT2D eigenvalue weighted by Crippen LogP contribution is 2.26. The highest BCUT2D eigenvalue weighted by Gasteiger charge is 2.22. The lowest BCUT2D eigenvalue weighted by atomic mass is 10.1. The number of hydrogen-bond acceptors (Lipinski definition) is 10. The molecule has 5 aromatic rings. The van der Waals surface area contributed by atoms with Gasteiger partial charge in [-0.15, -0.1) is 11.3 Å². The molecule has 0 amide bonds. The van der Waals surface area contributed by atoms with Gasteiger partial charge in [0.15, 0.2) is 0 Å². The fourth-order valence-corrected chi connectivity index (χ4v) is 4.93. The molecule has 0 radical (unpaired) electrons. The van der Waals surface area contributed by atoms with Crippen molar-refractivity contribution in [3.05, 3.63) is 109 Å². The van der Waals surface area contributed by atoms with Gasteiger partial charge in [-0.05, 0) is 42.5 Å². The summed E-state index contributed by atoms with van der Waals surface area (Å²) in [5, 5.41) is 29.8. The lowest BCUT2D eigenvalue weighted by Crippen LogP contribution is -2.26. The molecule has 0 aliphatic rings. The van der Waals surface area contributed by atoms with E-state index in [9.17, 15) is 29.5 Å². The third kappa shape index (κ3) is 5.83. The fraction of sp³-hybridized carbons (Fsp3) is 0.0741. The number of rotatable bonds is 9. The highest BCUT2D eigenvalue weighted by atomic mass is 35.5. The number of carboxylic acids is 1. The Morgan fingerprint density at radius 3 is 2.46 bits per heavy atom. The standard InChI is InChI=1S/C27H17ClN6O6S/c28-23-6-5-18(41-23)13-30-24-11-19(32-34(24)26(37)16-1-3-17(4-2-16)27(38)39)20-9-15(12-29)10-25(36)33(20)14-21(35)22-7-8-31-40-22/h1-11,30H,13-14H2,(H,38,39). The normalized spacial score (nSPS) is 10.7. The average molecular weight is 589 g/mol. The molecule has 2 N–H and O–H groups in total. The van der Waals surface area contributed by atoms with Crippen LogP contribution in [0, 0.1) is 11.3 Å². The van der Waals surface area contributed by atoms with Crippen LogP contribution in [0.3, 0.4) is 0 Å². The van der Waals surface area contributed by atoms with Crippen LogP contribution in [0.4, 0.5) is 5.82 Å². The number of carboxylic acid groups (broad SMARTS) is 1. The molecule has 4 aromatic heterocycles. The summed E-state index contributed by atoms with van der Waals surface area (Å²) in [6.07, 6.45) is 1.30. The van der Waals surface area contributed by atoms with Crippen molar-refractivity contribution in [1.29, 1.82) is 5.26 Å². The van der Waals surface area contributed by atoms with Crippen molar-refractivity contribution >= 4 is 46.4 Å². The van der Waals surface area contributed by atoms with Gasteiger partial charge in [-0.3, -0.25) is 19.0 Å². The maximum absolute atomic E-state index is 13.5. The second-order valence-electron chi connectivity index (χ2n) is 8.54. The molecule has 14 heteroatoms. The summed E-state index contributed by atoms with van der Waals surface area (Å²) in [6, 6.07) is 16.1. The average Bonchev–Trinajstić information content (AvgIpc) is 3.74. The summed E-state index contributed by atoms with van der Waals surface area (Å²) in [5.74, 6) is -2.10. The van der Waals surface area contributed by atoms with E-state index in [4.69, 9.17) is 16.1 Å². The van der Waals surface area contributed by atoms with Gasteiger partial charge in [0.2, 0.25) is 11.5 Å². The molecule has 0 aliphatic heterocycles. The van der Waals surface area contributed by atoms with Gasteiger partial charge in [0, 0.05) is 28.6 Å². The molecule has 41 heavy (non-hydrogen) atoms. The minimum absolute atomic E-state index is 0.00406. The minimum Gasteiger partial charge on any atom is -0.478 e. The molecule has 0 saturated heterocycles. The van der Waals surface area contributed by atoms with Crippen molar-refractivity contribution in [3.8, 4) is 17.5 Å². The Morgan fingerprint density at radius 1 is 1.07 bits per heavy atom. The Kier molecular flexibility index (Phi) is 7.59. The molecule has 0 spiro atoms. The number of carbonyl (C=O) groups excluding carboxylic acids is 2. The smallest absolute Gasteiger partial charge is 0.335 e. The zero-order valence-corrected chi connectivity index (χ0v) is 22.3. The van der Waals surface area contributed by atoms with E-state index >= 15 is 0 Å². The highest BCUT2D eigenvalue weighted by molar-refractivity contribution is 7.16. The molecule has 5 rings (SSSR count). The first-order chi connectivity index (χ1) is 19.7. The zero-order chi connectivity index (χ0) is 29.1. The van der Waals surface area contributed by atoms with Crippen LogP contribution in [0.25, 0.3) is 11.4 Å². The third-order valence-electron chi connectivity index (χ3n) is 5.89. The number of nitriles is 1. The van der Waals surface area contributed by atoms with Gasteiger partial charge in [0.1, 0.15) is 11.5 Å². The Labute approximate surface area is 239 Å². The second kappa shape index (κ2) is 11.4. The molecule has 204 valence electrons. The van der Waals surface area contributed by atoms with Crippen LogP contribution in [0.15, 0.2) is 76.2 Å². The lowest BCUT2D eigenvalue weighted by Gasteiger charge is -2.10. The number of ketones is 1. The number of halogens is 1. The van der Waals surface area contributed by atoms with Crippen molar-refractivity contribution in [2.45, 2.75) is 13.1 Å². The summed E-state index contributed by atoms with van der Waals surface area (Å²) in [6.45, 7) is -0.161. The van der Waals surface area contributed by atoms with Gasteiger partial charge in [0.25, 0.3) is 11.5 Å². The Morgan fingerprint density at radius 2 is 1.83 bits per heavy atom. The van der Waals surface area contributed by atoms with Gasteiger partial charge < -0.3 is 14.9 Å². The van der Waals surface area contributed by atoms with Gasteiger partial charge >= 0.3 is 5.97 Å². The maximum Gasteiger partial charge on any atom is 0.335 e. The molecule has 0 saturated carbocycles. The summed E-state index contributed by atoms with van der Waals surface area (Å²) in [4.78, 5) is 51.4. The van der Waals surface area contributed by atoms with Crippen LogP contribution in [-0.4, -0.2) is 42.3 Å². The predicted octanol–water partition coefficient (Wildman–Crippen LogP) is 4.17. The second-order valence-corrected chi connectivity index (χ2v) is 10.3. The number of aromatic nitrogens is 4. The largest absolute Gasteiger partial charge is 0.478 e. The summed E-state index contributed by atoms with van der Waals surface area (Å²) >= 11 is 7.38.